The highest BCUT2D eigenvalue weighted by molar-refractivity contribution is 7.89. The molecule has 4 rings (SSSR count). The number of carbonyl (C=O) groups excluding carboxylic acids is 1. The highest BCUT2D eigenvalue weighted by Crippen LogP contribution is 2.23. The minimum atomic E-state index is -3.55. The van der Waals surface area contributed by atoms with E-state index < -0.39 is 10.0 Å². The van der Waals surface area contributed by atoms with Crippen molar-refractivity contribution in [1.82, 2.24) is 9.21 Å². The van der Waals surface area contributed by atoms with E-state index >= 15 is 0 Å². The normalized spacial score (nSPS) is 22.0. The van der Waals surface area contributed by atoms with Crippen molar-refractivity contribution < 1.29 is 17.9 Å². The number of nitrogens with zero attached hydrogens (tertiary/aromatic N) is 2. The summed E-state index contributed by atoms with van der Waals surface area (Å²) >= 11 is 0. The summed E-state index contributed by atoms with van der Waals surface area (Å²) in [5, 5.41) is 1.92. The predicted molar refractivity (Wildman–Crippen MR) is 98.2 cm³/mol. The van der Waals surface area contributed by atoms with Crippen LogP contribution in [0.4, 0.5) is 0 Å². The molecule has 0 spiro atoms. The monoisotopic (exact) mass is 374 g/mol. The van der Waals surface area contributed by atoms with E-state index in [4.69, 9.17) is 4.74 Å². The zero-order valence-corrected chi connectivity index (χ0v) is 15.3. The van der Waals surface area contributed by atoms with Gasteiger partial charge in [-0.05, 0) is 29.3 Å². The number of carbonyl (C=O) groups is 1. The molecule has 26 heavy (non-hydrogen) atoms. The van der Waals surface area contributed by atoms with E-state index in [0.717, 1.165) is 17.2 Å². The quantitative estimate of drug-likeness (QED) is 0.820. The van der Waals surface area contributed by atoms with Gasteiger partial charge in [-0.3, -0.25) is 4.79 Å². The van der Waals surface area contributed by atoms with Crippen molar-refractivity contribution in [1.29, 1.82) is 0 Å². The Balaban J connectivity index is 1.47. The van der Waals surface area contributed by atoms with Crippen LogP contribution in [-0.2, 0) is 19.6 Å². The van der Waals surface area contributed by atoms with Crippen molar-refractivity contribution in [2.24, 2.45) is 5.92 Å². The molecule has 2 fully saturated rings. The SMILES string of the molecule is O=C(C1CCOC1)N1CCN(S(=O)(=O)c2ccc3ccccc3c2)CC1. The first-order valence-electron chi connectivity index (χ1n) is 8.91. The first-order chi connectivity index (χ1) is 12.6. The van der Waals surface area contributed by atoms with Crippen LogP contribution in [-0.4, -0.2) is 62.9 Å². The summed E-state index contributed by atoms with van der Waals surface area (Å²) in [4.78, 5) is 14.5. The molecule has 0 saturated carbocycles. The Morgan fingerprint density at radius 3 is 2.42 bits per heavy atom. The van der Waals surface area contributed by atoms with Crippen molar-refractivity contribution in [3.63, 3.8) is 0 Å². The molecule has 0 aliphatic carbocycles. The van der Waals surface area contributed by atoms with Gasteiger partial charge in [0.1, 0.15) is 0 Å². The highest BCUT2D eigenvalue weighted by Gasteiger charge is 2.33. The summed E-state index contributed by atoms with van der Waals surface area (Å²) in [6, 6.07) is 12.9. The van der Waals surface area contributed by atoms with Gasteiger partial charge in [-0.2, -0.15) is 4.31 Å². The maximum Gasteiger partial charge on any atom is 0.243 e. The van der Waals surface area contributed by atoms with Gasteiger partial charge in [-0.25, -0.2) is 8.42 Å². The smallest absolute Gasteiger partial charge is 0.243 e. The maximum absolute atomic E-state index is 13.0. The van der Waals surface area contributed by atoms with Gasteiger partial charge in [0.05, 0.1) is 17.4 Å². The lowest BCUT2D eigenvalue weighted by atomic mass is 10.1. The molecule has 0 N–H and O–H groups in total. The number of hydrogen-bond acceptors (Lipinski definition) is 4. The number of rotatable bonds is 3. The van der Waals surface area contributed by atoms with E-state index in [1.807, 2.05) is 30.3 Å². The molecule has 7 heteroatoms. The molecular weight excluding hydrogens is 352 g/mol. The average molecular weight is 374 g/mol. The number of fused-ring (bicyclic) bond motifs is 1. The second-order valence-electron chi connectivity index (χ2n) is 6.80. The van der Waals surface area contributed by atoms with Crippen molar-refractivity contribution >= 4 is 26.7 Å². The average Bonchev–Trinajstić information content (AvgIpc) is 3.22. The molecule has 0 aromatic heterocycles. The highest BCUT2D eigenvalue weighted by atomic mass is 32.2. The van der Waals surface area contributed by atoms with E-state index in [-0.39, 0.29) is 11.8 Å². The van der Waals surface area contributed by atoms with Crippen molar-refractivity contribution in [2.75, 3.05) is 39.4 Å². The van der Waals surface area contributed by atoms with Gasteiger partial charge < -0.3 is 9.64 Å². The van der Waals surface area contributed by atoms with Gasteiger partial charge in [0, 0.05) is 32.8 Å². The lowest BCUT2D eigenvalue weighted by molar-refractivity contribution is -0.136. The molecule has 2 aromatic carbocycles. The van der Waals surface area contributed by atoms with Gasteiger partial charge in [-0.15, -0.1) is 0 Å². The zero-order valence-electron chi connectivity index (χ0n) is 14.5. The van der Waals surface area contributed by atoms with Gasteiger partial charge in [0.15, 0.2) is 0 Å². The van der Waals surface area contributed by atoms with Crippen molar-refractivity contribution in [2.45, 2.75) is 11.3 Å². The predicted octanol–water partition coefficient (Wildman–Crippen LogP) is 1.71. The topological polar surface area (TPSA) is 66.9 Å². The maximum atomic E-state index is 13.0. The Hall–Kier alpha value is -1.96. The minimum Gasteiger partial charge on any atom is -0.381 e. The van der Waals surface area contributed by atoms with Crippen LogP contribution < -0.4 is 0 Å². The Morgan fingerprint density at radius 2 is 1.73 bits per heavy atom. The molecule has 138 valence electrons. The number of amides is 1. The summed E-state index contributed by atoms with van der Waals surface area (Å²) in [7, 11) is -3.55. The Bertz CT molecular complexity index is 914. The van der Waals surface area contributed by atoms with E-state index in [9.17, 15) is 13.2 Å². The Morgan fingerprint density at radius 1 is 1.00 bits per heavy atom. The van der Waals surface area contributed by atoms with E-state index in [1.54, 1.807) is 17.0 Å². The molecule has 0 radical (unpaired) electrons. The van der Waals surface area contributed by atoms with Crippen LogP contribution in [0.5, 0.6) is 0 Å². The van der Waals surface area contributed by atoms with Crippen molar-refractivity contribution in [3.8, 4) is 0 Å². The van der Waals surface area contributed by atoms with Crippen molar-refractivity contribution in [3.05, 3.63) is 42.5 Å². The second-order valence-corrected chi connectivity index (χ2v) is 8.74. The Kier molecular flexibility index (Phi) is 4.69. The van der Waals surface area contributed by atoms with Gasteiger partial charge in [-0.1, -0.05) is 30.3 Å². The molecule has 6 nitrogen and oxygen atoms in total. The molecule has 2 aromatic rings. The number of piperazine rings is 1. The third-order valence-electron chi connectivity index (χ3n) is 5.19. The molecule has 1 unspecified atom stereocenters. The molecule has 0 bridgehead atoms. The molecule has 1 amide bonds. The van der Waals surface area contributed by atoms with Crippen LogP contribution >= 0.6 is 0 Å². The van der Waals surface area contributed by atoms with Gasteiger partial charge in [0.2, 0.25) is 15.9 Å². The van der Waals surface area contributed by atoms with E-state index in [1.165, 1.54) is 4.31 Å². The summed E-state index contributed by atoms with van der Waals surface area (Å²) < 4.78 is 32.7. The number of sulfonamides is 1. The first-order valence-corrected chi connectivity index (χ1v) is 10.4. The minimum absolute atomic E-state index is 0.0707. The standard InChI is InChI=1S/C19H22N2O4S/c22-19(17-7-12-25-14-17)20-8-10-21(11-9-20)26(23,24)18-6-5-15-3-1-2-4-16(15)13-18/h1-6,13,17H,7-12,14H2. The Labute approximate surface area is 153 Å². The summed E-state index contributed by atoms with van der Waals surface area (Å²) in [5.41, 5.74) is 0. The van der Waals surface area contributed by atoms with Gasteiger partial charge in [0.25, 0.3) is 0 Å². The van der Waals surface area contributed by atoms with Crippen LogP contribution in [0.1, 0.15) is 6.42 Å². The fourth-order valence-corrected chi connectivity index (χ4v) is 5.07. The molecular formula is C19H22N2O4S. The summed E-state index contributed by atoms with van der Waals surface area (Å²) in [5.74, 6) is 0.0175. The fraction of sp³-hybridized carbons (Fsp3) is 0.421. The zero-order chi connectivity index (χ0) is 18.1. The molecule has 2 aliphatic rings. The van der Waals surface area contributed by atoms with Crippen LogP contribution in [0, 0.1) is 5.92 Å². The third-order valence-corrected chi connectivity index (χ3v) is 7.08. The van der Waals surface area contributed by atoms with Gasteiger partial charge >= 0.3 is 0 Å². The molecule has 2 aliphatic heterocycles. The van der Waals surface area contributed by atoms with E-state index in [0.29, 0.717) is 44.3 Å². The molecule has 2 heterocycles. The lowest BCUT2D eigenvalue weighted by Crippen LogP contribution is -2.51. The van der Waals surface area contributed by atoms with Crippen LogP contribution in [0.25, 0.3) is 10.8 Å². The third kappa shape index (κ3) is 3.22. The summed E-state index contributed by atoms with van der Waals surface area (Å²) in [6.07, 6.45) is 0.758. The number of benzene rings is 2. The second kappa shape index (κ2) is 6.98. The van der Waals surface area contributed by atoms with Crippen LogP contribution in [0.15, 0.2) is 47.4 Å². The largest absolute Gasteiger partial charge is 0.381 e. The van der Waals surface area contributed by atoms with E-state index in [2.05, 4.69) is 0 Å². The molecule has 2 saturated heterocycles. The van der Waals surface area contributed by atoms with Crippen LogP contribution in [0.2, 0.25) is 0 Å². The lowest BCUT2D eigenvalue weighted by Gasteiger charge is -2.35. The first kappa shape index (κ1) is 17.5. The number of ether oxygens (including phenoxy) is 1. The molecule has 1 atom stereocenters. The van der Waals surface area contributed by atoms with Crippen LogP contribution in [0.3, 0.4) is 0 Å². The summed E-state index contributed by atoms with van der Waals surface area (Å²) in [6.45, 7) is 2.63. The fourth-order valence-electron chi connectivity index (χ4n) is 3.61. The number of hydrogen-bond donors (Lipinski definition) is 0.